The van der Waals surface area contributed by atoms with Crippen LogP contribution in [-0.4, -0.2) is 15.8 Å². The normalized spacial score (nSPS) is 20.2. The van der Waals surface area contributed by atoms with Crippen molar-refractivity contribution in [2.75, 3.05) is 0 Å². The standard InChI is InChI=1S/C32H44N2O/c1-24-10-6-14-28(25(24)2)15-9-17-29(35)16-8-12-26-11-7-13-27(21-20-26)22-32-30-18-4-3-5-19-31(30)33-23-34-32/h4,6,10,14,18,23,26-27H,3,5,7-9,11-13,15-17,19-22H2,1-2H3. The smallest absolute Gasteiger partial charge is 0.132 e. The topological polar surface area (TPSA) is 42.9 Å². The number of aromatic nitrogens is 2. The van der Waals surface area contributed by atoms with Gasteiger partial charge in [0.25, 0.3) is 0 Å². The van der Waals surface area contributed by atoms with Gasteiger partial charge in [0.1, 0.15) is 12.1 Å². The lowest BCUT2D eigenvalue weighted by Crippen LogP contribution is -2.09. The summed E-state index contributed by atoms with van der Waals surface area (Å²) in [7, 11) is 0. The summed E-state index contributed by atoms with van der Waals surface area (Å²) < 4.78 is 0. The van der Waals surface area contributed by atoms with Gasteiger partial charge in [-0.2, -0.15) is 0 Å². The molecule has 3 heteroatoms. The zero-order chi connectivity index (χ0) is 24.5. The lowest BCUT2D eigenvalue weighted by atomic mass is 9.90. The van der Waals surface area contributed by atoms with E-state index < -0.39 is 0 Å². The summed E-state index contributed by atoms with van der Waals surface area (Å²) in [5.74, 6) is 1.99. The Bertz CT molecular complexity index is 1010. The van der Waals surface area contributed by atoms with E-state index in [2.05, 4.69) is 49.2 Å². The maximum atomic E-state index is 12.5. The van der Waals surface area contributed by atoms with Crippen molar-refractivity contribution in [3.8, 4) is 0 Å². The average Bonchev–Trinajstić information content (AvgIpc) is 3.23. The molecule has 1 aromatic heterocycles. The number of rotatable bonds is 10. The molecule has 3 nitrogen and oxygen atoms in total. The van der Waals surface area contributed by atoms with E-state index in [-0.39, 0.29) is 0 Å². The maximum Gasteiger partial charge on any atom is 0.132 e. The maximum absolute atomic E-state index is 12.5. The molecule has 1 fully saturated rings. The van der Waals surface area contributed by atoms with Gasteiger partial charge in [-0.25, -0.2) is 9.97 Å². The summed E-state index contributed by atoms with van der Waals surface area (Å²) in [6.07, 6.45) is 23.3. The fourth-order valence-electron chi connectivity index (χ4n) is 6.11. The number of hydrogen-bond donors (Lipinski definition) is 0. The number of carbonyl (C=O) groups excluding carboxylic acids is 1. The first-order valence-electron chi connectivity index (χ1n) is 14.2. The Balaban J connectivity index is 1.16. The lowest BCUT2D eigenvalue weighted by molar-refractivity contribution is -0.119. The number of ketones is 1. The Labute approximate surface area is 212 Å². The van der Waals surface area contributed by atoms with Crippen molar-refractivity contribution in [3.05, 3.63) is 64.2 Å². The van der Waals surface area contributed by atoms with Crippen molar-refractivity contribution in [2.45, 2.75) is 110 Å². The number of hydrogen-bond acceptors (Lipinski definition) is 3. The molecule has 2 atom stereocenters. The van der Waals surface area contributed by atoms with Crippen LogP contribution in [0.25, 0.3) is 6.08 Å². The molecule has 4 rings (SSSR count). The van der Waals surface area contributed by atoms with Gasteiger partial charge in [0.15, 0.2) is 0 Å². The predicted molar refractivity (Wildman–Crippen MR) is 145 cm³/mol. The second kappa shape index (κ2) is 13.1. The van der Waals surface area contributed by atoms with E-state index in [9.17, 15) is 4.79 Å². The number of benzene rings is 1. The highest BCUT2D eigenvalue weighted by Crippen LogP contribution is 2.33. The third-order valence-corrected chi connectivity index (χ3v) is 8.49. The molecule has 0 saturated heterocycles. The fourth-order valence-corrected chi connectivity index (χ4v) is 6.11. The average molecular weight is 473 g/mol. The quantitative estimate of drug-likeness (QED) is 0.330. The Kier molecular flexibility index (Phi) is 9.68. The zero-order valence-corrected chi connectivity index (χ0v) is 22.0. The summed E-state index contributed by atoms with van der Waals surface area (Å²) in [5, 5.41) is 0. The molecule has 188 valence electrons. The van der Waals surface area contributed by atoms with E-state index in [4.69, 9.17) is 4.98 Å². The van der Waals surface area contributed by atoms with E-state index in [0.29, 0.717) is 5.78 Å². The Morgan fingerprint density at radius 3 is 2.71 bits per heavy atom. The van der Waals surface area contributed by atoms with Gasteiger partial charge >= 0.3 is 0 Å². The van der Waals surface area contributed by atoms with E-state index in [1.54, 1.807) is 6.33 Å². The second-order valence-corrected chi connectivity index (χ2v) is 11.1. The molecule has 2 aliphatic carbocycles. The van der Waals surface area contributed by atoms with Crippen LogP contribution in [0.4, 0.5) is 0 Å². The van der Waals surface area contributed by atoms with Gasteiger partial charge in [0, 0.05) is 18.4 Å². The minimum absolute atomic E-state index is 0.458. The highest BCUT2D eigenvalue weighted by atomic mass is 16.1. The number of aryl methyl sites for hydroxylation is 3. The molecule has 0 bridgehead atoms. The second-order valence-electron chi connectivity index (χ2n) is 11.1. The number of fused-ring (bicyclic) bond motifs is 1. The van der Waals surface area contributed by atoms with Crippen LogP contribution in [0.3, 0.4) is 0 Å². The number of allylic oxidation sites excluding steroid dienone is 1. The SMILES string of the molecule is Cc1cccc(CCCC(=O)CCCC2CCCC(Cc3ncnc4c3C=CCCC4)CC2)c1C. The molecule has 2 aliphatic rings. The van der Waals surface area contributed by atoms with E-state index >= 15 is 0 Å². The summed E-state index contributed by atoms with van der Waals surface area (Å²) in [6, 6.07) is 6.52. The summed E-state index contributed by atoms with van der Waals surface area (Å²) >= 11 is 0. The van der Waals surface area contributed by atoms with Gasteiger partial charge in [-0.15, -0.1) is 0 Å². The van der Waals surface area contributed by atoms with Crippen molar-refractivity contribution in [3.63, 3.8) is 0 Å². The summed E-state index contributed by atoms with van der Waals surface area (Å²) in [6.45, 7) is 4.37. The Hall–Kier alpha value is -2.29. The highest BCUT2D eigenvalue weighted by Gasteiger charge is 2.21. The molecule has 0 aliphatic heterocycles. The Morgan fingerprint density at radius 2 is 1.80 bits per heavy atom. The third kappa shape index (κ3) is 7.59. The minimum Gasteiger partial charge on any atom is -0.300 e. The van der Waals surface area contributed by atoms with Crippen LogP contribution < -0.4 is 0 Å². The molecule has 0 radical (unpaired) electrons. The molecular weight excluding hydrogens is 428 g/mol. The first-order valence-corrected chi connectivity index (χ1v) is 14.2. The van der Waals surface area contributed by atoms with Crippen molar-refractivity contribution < 1.29 is 4.79 Å². The van der Waals surface area contributed by atoms with E-state index in [1.807, 2.05) is 0 Å². The van der Waals surface area contributed by atoms with Crippen LogP contribution in [0.15, 0.2) is 30.6 Å². The monoisotopic (exact) mass is 472 g/mol. The molecule has 2 unspecified atom stereocenters. The first-order chi connectivity index (χ1) is 17.1. The third-order valence-electron chi connectivity index (χ3n) is 8.49. The largest absolute Gasteiger partial charge is 0.300 e. The summed E-state index contributed by atoms with van der Waals surface area (Å²) in [4.78, 5) is 21.7. The van der Waals surface area contributed by atoms with Gasteiger partial charge in [0.2, 0.25) is 0 Å². The molecule has 1 aromatic carbocycles. The van der Waals surface area contributed by atoms with Crippen molar-refractivity contribution in [1.82, 2.24) is 9.97 Å². The van der Waals surface area contributed by atoms with Gasteiger partial charge in [-0.05, 0) is 93.7 Å². The van der Waals surface area contributed by atoms with E-state index in [0.717, 1.165) is 63.2 Å². The highest BCUT2D eigenvalue weighted by molar-refractivity contribution is 5.78. The van der Waals surface area contributed by atoms with Crippen LogP contribution in [0, 0.1) is 25.7 Å². The van der Waals surface area contributed by atoms with Gasteiger partial charge in [0.05, 0.1) is 11.4 Å². The lowest BCUT2D eigenvalue weighted by Gasteiger charge is -2.17. The molecule has 0 spiro atoms. The number of Topliss-reactive ketones (excluding diaryl/α,β-unsaturated/α-hetero) is 1. The van der Waals surface area contributed by atoms with Gasteiger partial charge in [-0.1, -0.05) is 62.5 Å². The van der Waals surface area contributed by atoms with Crippen molar-refractivity contribution in [1.29, 1.82) is 0 Å². The number of carbonyl (C=O) groups is 1. The predicted octanol–water partition coefficient (Wildman–Crippen LogP) is 7.94. The molecule has 0 amide bonds. The van der Waals surface area contributed by atoms with Gasteiger partial charge in [-0.3, -0.25) is 4.79 Å². The molecule has 35 heavy (non-hydrogen) atoms. The van der Waals surface area contributed by atoms with E-state index in [1.165, 1.54) is 78.6 Å². The van der Waals surface area contributed by atoms with Crippen LogP contribution in [0.2, 0.25) is 0 Å². The van der Waals surface area contributed by atoms with Crippen LogP contribution >= 0.6 is 0 Å². The van der Waals surface area contributed by atoms with Crippen LogP contribution in [0.5, 0.6) is 0 Å². The molecule has 1 saturated carbocycles. The van der Waals surface area contributed by atoms with Crippen LogP contribution in [-0.2, 0) is 24.1 Å². The first kappa shape index (κ1) is 25.8. The van der Waals surface area contributed by atoms with Crippen LogP contribution in [0.1, 0.15) is 111 Å². The summed E-state index contributed by atoms with van der Waals surface area (Å²) in [5.41, 5.74) is 7.96. The fraction of sp³-hybridized carbons (Fsp3) is 0.594. The Morgan fingerprint density at radius 1 is 0.971 bits per heavy atom. The molecule has 1 heterocycles. The molecule has 2 aromatic rings. The van der Waals surface area contributed by atoms with Gasteiger partial charge < -0.3 is 0 Å². The molecular formula is C32H44N2O. The van der Waals surface area contributed by atoms with Crippen molar-refractivity contribution >= 4 is 11.9 Å². The number of nitrogens with zero attached hydrogens (tertiary/aromatic N) is 2. The minimum atomic E-state index is 0.458. The molecule has 0 N–H and O–H groups in total. The van der Waals surface area contributed by atoms with Crippen molar-refractivity contribution in [2.24, 2.45) is 11.8 Å². The zero-order valence-electron chi connectivity index (χ0n) is 22.0.